The minimum atomic E-state index is -1.01. The second-order valence-corrected chi connectivity index (χ2v) is 4.07. The lowest BCUT2D eigenvalue weighted by Gasteiger charge is -2.30. The SMILES string of the molecule is CCCC(CC(O)(CC)CC)NC(=O)O. The molecule has 0 aromatic rings. The lowest BCUT2D eigenvalue weighted by molar-refractivity contribution is 0.0133. The monoisotopic (exact) mass is 217 g/mol. The average molecular weight is 217 g/mol. The van der Waals surface area contributed by atoms with Crippen LogP contribution in [0.1, 0.15) is 52.9 Å². The van der Waals surface area contributed by atoms with Crippen LogP contribution in [0.2, 0.25) is 0 Å². The van der Waals surface area contributed by atoms with Crippen LogP contribution in [0.15, 0.2) is 0 Å². The van der Waals surface area contributed by atoms with Crippen molar-refractivity contribution in [2.45, 2.75) is 64.5 Å². The van der Waals surface area contributed by atoms with E-state index in [-0.39, 0.29) is 6.04 Å². The second kappa shape index (κ2) is 6.67. The summed E-state index contributed by atoms with van der Waals surface area (Å²) in [6, 6.07) is -0.141. The number of amides is 1. The standard InChI is InChI=1S/C11H23NO3/c1-4-7-9(12-10(13)14)8-11(15,5-2)6-3/h9,12,15H,4-8H2,1-3H3,(H,13,14). The molecule has 0 aliphatic heterocycles. The van der Waals surface area contributed by atoms with Gasteiger partial charge in [0.2, 0.25) is 0 Å². The van der Waals surface area contributed by atoms with Gasteiger partial charge in [-0.3, -0.25) is 0 Å². The molecule has 0 heterocycles. The predicted octanol–water partition coefficient (Wildman–Crippen LogP) is 2.36. The molecule has 1 amide bonds. The number of nitrogens with one attached hydrogen (secondary N) is 1. The average Bonchev–Trinajstić information content (AvgIpc) is 2.17. The molecule has 4 nitrogen and oxygen atoms in total. The van der Waals surface area contributed by atoms with Gasteiger partial charge in [-0.05, 0) is 25.7 Å². The van der Waals surface area contributed by atoms with Crippen LogP contribution in [0.5, 0.6) is 0 Å². The molecule has 0 radical (unpaired) electrons. The quantitative estimate of drug-likeness (QED) is 0.613. The van der Waals surface area contributed by atoms with Crippen molar-refractivity contribution in [2.75, 3.05) is 0 Å². The fraction of sp³-hybridized carbons (Fsp3) is 0.909. The maximum atomic E-state index is 10.6. The number of hydrogen-bond donors (Lipinski definition) is 3. The Labute approximate surface area is 91.7 Å². The largest absolute Gasteiger partial charge is 0.465 e. The van der Waals surface area contributed by atoms with Crippen LogP contribution < -0.4 is 5.32 Å². The van der Waals surface area contributed by atoms with E-state index in [0.717, 1.165) is 12.8 Å². The Bertz CT molecular complexity index is 190. The fourth-order valence-corrected chi connectivity index (χ4v) is 1.75. The van der Waals surface area contributed by atoms with E-state index < -0.39 is 11.7 Å². The Hall–Kier alpha value is -0.770. The van der Waals surface area contributed by atoms with Gasteiger partial charge < -0.3 is 15.5 Å². The maximum Gasteiger partial charge on any atom is 0.404 e. The molecule has 0 spiro atoms. The molecule has 4 heteroatoms. The second-order valence-electron chi connectivity index (χ2n) is 4.07. The van der Waals surface area contributed by atoms with E-state index in [0.29, 0.717) is 19.3 Å². The van der Waals surface area contributed by atoms with Gasteiger partial charge in [0.1, 0.15) is 0 Å². The fourth-order valence-electron chi connectivity index (χ4n) is 1.75. The van der Waals surface area contributed by atoms with Gasteiger partial charge in [-0.1, -0.05) is 27.2 Å². The van der Waals surface area contributed by atoms with E-state index in [1.807, 2.05) is 20.8 Å². The van der Waals surface area contributed by atoms with Crippen LogP contribution in [-0.4, -0.2) is 27.9 Å². The predicted molar refractivity (Wildman–Crippen MR) is 60.0 cm³/mol. The van der Waals surface area contributed by atoms with Crippen molar-refractivity contribution >= 4 is 6.09 Å². The first-order valence-corrected chi connectivity index (χ1v) is 5.69. The van der Waals surface area contributed by atoms with Crippen molar-refractivity contribution in [3.8, 4) is 0 Å². The minimum Gasteiger partial charge on any atom is -0.465 e. The van der Waals surface area contributed by atoms with Crippen molar-refractivity contribution in [1.29, 1.82) is 0 Å². The summed E-state index contributed by atoms with van der Waals surface area (Å²) in [4.78, 5) is 10.6. The molecule has 0 aromatic carbocycles. The summed E-state index contributed by atoms with van der Waals surface area (Å²) in [5, 5.41) is 21.2. The molecule has 0 aliphatic carbocycles. The van der Waals surface area contributed by atoms with E-state index in [1.165, 1.54) is 0 Å². The first-order valence-electron chi connectivity index (χ1n) is 5.69. The van der Waals surface area contributed by atoms with Crippen molar-refractivity contribution in [3.05, 3.63) is 0 Å². The van der Waals surface area contributed by atoms with E-state index >= 15 is 0 Å². The number of aliphatic hydroxyl groups is 1. The lowest BCUT2D eigenvalue weighted by atomic mass is 9.88. The van der Waals surface area contributed by atoms with Crippen LogP contribution in [0.3, 0.4) is 0 Å². The molecule has 90 valence electrons. The van der Waals surface area contributed by atoms with Crippen molar-refractivity contribution in [3.63, 3.8) is 0 Å². The molecule has 3 N–H and O–H groups in total. The summed E-state index contributed by atoms with van der Waals surface area (Å²) in [7, 11) is 0. The third-order valence-electron chi connectivity index (χ3n) is 2.91. The highest BCUT2D eigenvalue weighted by molar-refractivity contribution is 5.64. The third-order valence-corrected chi connectivity index (χ3v) is 2.91. The molecule has 0 aliphatic rings. The summed E-state index contributed by atoms with van der Waals surface area (Å²) in [5.74, 6) is 0. The van der Waals surface area contributed by atoms with Gasteiger partial charge in [0.25, 0.3) is 0 Å². The molecule has 0 bridgehead atoms. The van der Waals surface area contributed by atoms with Crippen LogP contribution in [0, 0.1) is 0 Å². The Kier molecular flexibility index (Phi) is 6.32. The molecule has 0 rings (SSSR count). The van der Waals surface area contributed by atoms with Gasteiger partial charge in [-0.15, -0.1) is 0 Å². The number of carboxylic acid groups (broad SMARTS) is 1. The summed E-state index contributed by atoms with van der Waals surface area (Å²) < 4.78 is 0. The molecule has 0 fully saturated rings. The molecule has 1 unspecified atom stereocenters. The molecule has 0 saturated heterocycles. The summed E-state index contributed by atoms with van der Waals surface area (Å²) in [6.07, 6.45) is 2.49. The van der Waals surface area contributed by atoms with Crippen LogP contribution in [0.4, 0.5) is 4.79 Å². The molecular formula is C11H23NO3. The zero-order valence-corrected chi connectivity index (χ0v) is 9.92. The topological polar surface area (TPSA) is 69.6 Å². The Morgan fingerprint density at radius 2 is 1.87 bits per heavy atom. The van der Waals surface area contributed by atoms with Gasteiger partial charge in [0.15, 0.2) is 0 Å². The smallest absolute Gasteiger partial charge is 0.404 e. The van der Waals surface area contributed by atoms with Crippen molar-refractivity contribution in [1.82, 2.24) is 5.32 Å². The van der Waals surface area contributed by atoms with Crippen LogP contribution >= 0.6 is 0 Å². The van der Waals surface area contributed by atoms with Crippen molar-refractivity contribution in [2.24, 2.45) is 0 Å². The van der Waals surface area contributed by atoms with Gasteiger partial charge in [0, 0.05) is 6.04 Å². The highest BCUT2D eigenvalue weighted by Crippen LogP contribution is 2.22. The number of rotatable bonds is 7. The molecule has 15 heavy (non-hydrogen) atoms. The first kappa shape index (κ1) is 14.2. The zero-order valence-electron chi connectivity index (χ0n) is 9.92. The molecule has 1 atom stereocenters. The Morgan fingerprint density at radius 1 is 1.33 bits per heavy atom. The van der Waals surface area contributed by atoms with Crippen molar-refractivity contribution < 1.29 is 15.0 Å². The summed E-state index contributed by atoms with van der Waals surface area (Å²) in [5.41, 5.74) is -0.734. The van der Waals surface area contributed by atoms with Gasteiger partial charge >= 0.3 is 6.09 Å². The summed E-state index contributed by atoms with van der Waals surface area (Å²) in [6.45, 7) is 5.86. The van der Waals surface area contributed by atoms with Gasteiger partial charge in [0.05, 0.1) is 5.60 Å². The molecule has 0 aromatic heterocycles. The number of hydrogen-bond acceptors (Lipinski definition) is 2. The first-order chi connectivity index (χ1) is 6.97. The van der Waals surface area contributed by atoms with Gasteiger partial charge in [-0.2, -0.15) is 0 Å². The van der Waals surface area contributed by atoms with E-state index in [1.54, 1.807) is 0 Å². The summed E-state index contributed by atoms with van der Waals surface area (Å²) >= 11 is 0. The Balaban J connectivity index is 4.30. The van der Waals surface area contributed by atoms with Crippen LogP contribution in [0.25, 0.3) is 0 Å². The molecule has 0 saturated carbocycles. The molecular weight excluding hydrogens is 194 g/mol. The lowest BCUT2D eigenvalue weighted by Crippen LogP contribution is -2.41. The zero-order chi connectivity index (χ0) is 11.9. The Morgan fingerprint density at radius 3 is 2.20 bits per heavy atom. The van der Waals surface area contributed by atoms with E-state index in [9.17, 15) is 9.90 Å². The maximum absolute atomic E-state index is 10.6. The highest BCUT2D eigenvalue weighted by Gasteiger charge is 2.27. The van der Waals surface area contributed by atoms with Gasteiger partial charge in [-0.25, -0.2) is 4.79 Å². The van der Waals surface area contributed by atoms with E-state index in [4.69, 9.17) is 5.11 Å². The number of carbonyl (C=O) groups is 1. The third kappa shape index (κ3) is 5.62. The van der Waals surface area contributed by atoms with Crippen LogP contribution in [-0.2, 0) is 0 Å². The normalized spacial score (nSPS) is 13.6. The minimum absolute atomic E-state index is 0.141. The van der Waals surface area contributed by atoms with E-state index in [2.05, 4.69) is 5.32 Å². The highest BCUT2D eigenvalue weighted by atomic mass is 16.4.